The molecule has 8 heteroatoms. The van der Waals surface area contributed by atoms with Crippen molar-refractivity contribution in [3.63, 3.8) is 0 Å². The van der Waals surface area contributed by atoms with Gasteiger partial charge in [0.05, 0.1) is 29.6 Å². The molecule has 4 atom stereocenters. The molecule has 2 fully saturated rings. The number of hydrogen-bond donors (Lipinski definition) is 1. The van der Waals surface area contributed by atoms with Gasteiger partial charge in [-0.25, -0.2) is 4.68 Å². The lowest BCUT2D eigenvalue weighted by molar-refractivity contribution is -0.129. The largest absolute Gasteiger partial charge is 0.391 e. The van der Waals surface area contributed by atoms with Crippen molar-refractivity contribution in [2.24, 2.45) is 18.9 Å². The first-order valence-electron chi connectivity index (χ1n) is 10.4. The lowest BCUT2D eigenvalue weighted by Crippen LogP contribution is -2.36. The summed E-state index contributed by atoms with van der Waals surface area (Å²) in [5, 5.41) is 20.6. The quantitative estimate of drug-likeness (QED) is 0.703. The number of aliphatic hydroxyl groups excluding tert-OH is 1. The Balaban J connectivity index is 1.34. The van der Waals surface area contributed by atoms with E-state index in [0.29, 0.717) is 42.4 Å². The average Bonchev–Trinajstić information content (AvgIpc) is 3.41. The van der Waals surface area contributed by atoms with Gasteiger partial charge in [0, 0.05) is 37.9 Å². The van der Waals surface area contributed by atoms with Crippen molar-refractivity contribution in [3.05, 3.63) is 58.8 Å². The number of fused-ring (bicyclic) bond motifs is 2. The molecule has 0 spiro atoms. The van der Waals surface area contributed by atoms with Gasteiger partial charge in [0.1, 0.15) is 0 Å². The van der Waals surface area contributed by atoms with Crippen molar-refractivity contribution in [1.29, 1.82) is 0 Å². The number of aromatic nitrogens is 4. The fourth-order valence-corrected chi connectivity index (χ4v) is 5.13. The van der Waals surface area contributed by atoms with Gasteiger partial charge in [-0.1, -0.05) is 18.2 Å². The lowest BCUT2D eigenvalue weighted by Gasteiger charge is -2.35. The summed E-state index contributed by atoms with van der Waals surface area (Å²) in [6.45, 7) is 1.35. The van der Waals surface area contributed by atoms with E-state index in [9.17, 15) is 14.7 Å². The number of aryl methyl sites for hydroxylation is 1. The second-order valence-corrected chi connectivity index (χ2v) is 8.51. The van der Waals surface area contributed by atoms with E-state index >= 15 is 0 Å². The van der Waals surface area contributed by atoms with E-state index in [4.69, 9.17) is 0 Å². The Bertz CT molecular complexity index is 1140. The van der Waals surface area contributed by atoms with Gasteiger partial charge < -0.3 is 10.0 Å². The third-order valence-corrected chi connectivity index (χ3v) is 6.68. The highest BCUT2D eigenvalue weighted by atomic mass is 16.3. The molecule has 1 aromatic carbocycles. The topological polar surface area (TPSA) is 93.2 Å². The third kappa shape index (κ3) is 3.21. The number of likely N-dealkylation sites (tertiary alicyclic amines) is 1. The molecule has 2 aliphatic rings. The summed E-state index contributed by atoms with van der Waals surface area (Å²) < 4.78 is 3.14. The standard InChI is InChI=1S/C22H25N5O3/c1-25-22(30)17-6-3-2-5-16(17)18(24-25)11-21(29)26-12-14-9-19(27-8-4-7-23-27)20(28)10-15(14)13-26/h2-8,14-15,19-20,28H,9-13H2,1H3/t14-,15+,19-,20-/m1/s1. The van der Waals surface area contributed by atoms with Crippen LogP contribution in [0.2, 0.25) is 0 Å². The zero-order valence-corrected chi connectivity index (χ0v) is 16.9. The number of aliphatic hydroxyl groups is 1. The Morgan fingerprint density at radius 3 is 2.60 bits per heavy atom. The van der Waals surface area contributed by atoms with Crippen molar-refractivity contribution in [2.75, 3.05) is 13.1 Å². The molecule has 1 aliphatic heterocycles. The van der Waals surface area contributed by atoms with Crippen LogP contribution in [0.3, 0.4) is 0 Å². The summed E-state index contributed by atoms with van der Waals surface area (Å²) in [5.41, 5.74) is 0.467. The zero-order valence-electron chi connectivity index (χ0n) is 16.9. The first-order chi connectivity index (χ1) is 14.5. The van der Waals surface area contributed by atoms with Crippen LogP contribution in [-0.2, 0) is 18.3 Å². The Kier molecular flexibility index (Phi) is 4.66. The first-order valence-corrected chi connectivity index (χ1v) is 10.4. The highest BCUT2D eigenvalue weighted by molar-refractivity contribution is 5.88. The second-order valence-electron chi connectivity index (χ2n) is 8.51. The number of carbonyl (C=O) groups excluding carboxylic acids is 1. The number of amides is 1. The van der Waals surface area contributed by atoms with Crippen molar-refractivity contribution >= 4 is 16.7 Å². The minimum atomic E-state index is -0.449. The van der Waals surface area contributed by atoms with Crippen LogP contribution in [0.25, 0.3) is 10.8 Å². The molecule has 2 aromatic heterocycles. The van der Waals surface area contributed by atoms with Crippen molar-refractivity contribution in [3.8, 4) is 0 Å². The highest BCUT2D eigenvalue weighted by Gasteiger charge is 2.43. The van der Waals surface area contributed by atoms with Crippen LogP contribution in [0, 0.1) is 11.8 Å². The molecule has 0 radical (unpaired) electrons. The van der Waals surface area contributed by atoms with Gasteiger partial charge in [-0.3, -0.25) is 14.3 Å². The van der Waals surface area contributed by atoms with Crippen LogP contribution in [-0.4, -0.2) is 54.7 Å². The van der Waals surface area contributed by atoms with Crippen molar-refractivity contribution < 1.29 is 9.90 Å². The summed E-state index contributed by atoms with van der Waals surface area (Å²) in [5.74, 6) is 0.683. The Morgan fingerprint density at radius 1 is 1.13 bits per heavy atom. The predicted octanol–water partition coefficient (Wildman–Crippen LogP) is 1.14. The molecule has 1 saturated carbocycles. The second kappa shape index (κ2) is 7.36. The maximum absolute atomic E-state index is 13.1. The van der Waals surface area contributed by atoms with E-state index in [1.54, 1.807) is 19.3 Å². The van der Waals surface area contributed by atoms with E-state index in [1.807, 2.05) is 40.0 Å². The van der Waals surface area contributed by atoms with Crippen molar-refractivity contribution in [1.82, 2.24) is 24.5 Å². The van der Waals surface area contributed by atoms with Gasteiger partial charge >= 0.3 is 0 Å². The molecule has 1 amide bonds. The number of benzene rings is 1. The van der Waals surface area contributed by atoms with Crippen LogP contribution >= 0.6 is 0 Å². The highest BCUT2D eigenvalue weighted by Crippen LogP contribution is 2.41. The maximum atomic E-state index is 13.1. The van der Waals surface area contributed by atoms with Gasteiger partial charge in [0.15, 0.2) is 0 Å². The Hall–Kier alpha value is -3.00. The first kappa shape index (κ1) is 19.0. The minimum Gasteiger partial charge on any atom is -0.391 e. The maximum Gasteiger partial charge on any atom is 0.274 e. The van der Waals surface area contributed by atoms with Crippen LogP contribution in [0.15, 0.2) is 47.5 Å². The molecule has 5 rings (SSSR count). The molecule has 3 aromatic rings. The van der Waals surface area contributed by atoms with Gasteiger partial charge in [-0.15, -0.1) is 0 Å². The van der Waals surface area contributed by atoms with Crippen molar-refractivity contribution in [2.45, 2.75) is 31.4 Å². The molecule has 1 saturated heterocycles. The third-order valence-electron chi connectivity index (χ3n) is 6.68. The van der Waals surface area contributed by atoms with Gasteiger partial charge in [-0.05, 0) is 36.8 Å². The molecule has 0 unspecified atom stereocenters. The van der Waals surface area contributed by atoms with Crippen LogP contribution in [0.4, 0.5) is 0 Å². The van der Waals surface area contributed by atoms with Crippen LogP contribution in [0.1, 0.15) is 24.6 Å². The van der Waals surface area contributed by atoms with E-state index in [0.717, 1.165) is 11.8 Å². The number of rotatable bonds is 3. The molecule has 3 heterocycles. The molecule has 0 bridgehead atoms. The summed E-state index contributed by atoms with van der Waals surface area (Å²) in [4.78, 5) is 27.3. The normalized spacial score (nSPS) is 26.1. The molecule has 156 valence electrons. The van der Waals surface area contributed by atoms with E-state index in [2.05, 4.69) is 10.2 Å². The summed E-state index contributed by atoms with van der Waals surface area (Å²) in [7, 11) is 1.62. The molecular weight excluding hydrogens is 382 g/mol. The minimum absolute atomic E-state index is 0.0193. The average molecular weight is 407 g/mol. The molecule has 8 nitrogen and oxygen atoms in total. The smallest absolute Gasteiger partial charge is 0.274 e. The molecule has 1 N–H and O–H groups in total. The van der Waals surface area contributed by atoms with E-state index < -0.39 is 6.10 Å². The summed E-state index contributed by atoms with van der Waals surface area (Å²) >= 11 is 0. The molecule has 30 heavy (non-hydrogen) atoms. The fraction of sp³-hybridized carbons (Fsp3) is 0.455. The Morgan fingerprint density at radius 2 is 1.87 bits per heavy atom. The van der Waals surface area contributed by atoms with Gasteiger partial charge in [0.2, 0.25) is 5.91 Å². The lowest BCUT2D eigenvalue weighted by atomic mass is 9.77. The fourth-order valence-electron chi connectivity index (χ4n) is 5.13. The van der Waals surface area contributed by atoms with E-state index in [1.165, 1.54) is 4.68 Å². The monoisotopic (exact) mass is 407 g/mol. The molecular formula is C22H25N5O3. The molecule has 1 aliphatic carbocycles. The number of nitrogens with zero attached hydrogens (tertiary/aromatic N) is 5. The Labute approximate surface area is 173 Å². The van der Waals surface area contributed by atoms with Crippen LogP contribution < -0.4 is 5.56 Å². The summed E-state index contributed by atoms with van der Waals surface area (Å²) in [6.07, 6.45) is 4.84. The summed E-state index contributed by atoms with van der Waals surface area (Å²) in [6, 6.07) is 9.13. The predicted molar refractivity (Wildman–Crippen MR) is 111 cm³/mol. The number of carbonyl (C=O) groups is 1. The zero-order chi connectivity index (χ0) is 20.8. The van der Waals surface area contributed by atoms with Gasteiger partial charge in [-0.2, -0.15) is 10.2 Å². The van der Waals surface area contributed by atoms with Gasteiger partial charge in [0.25, 0.3) is 5.56 Å². The van der Waals surface area contributed by atoms with Crippen LogP contribution in [0.5, 0.6) is 0 Å². The van der Waals surface area contributed by atoms with E-state index in [-0.39, 0.29) is 23.9 Å². The number of hydrogen-bond acceptors (Lipinski definition) is 5. The SMILES string of the molecule is Cn1nc(CC(=O)N2C[C@H]3C[C@@H](n4cccn4)[C@H](O)C[C@H]3C2)c2ccccc2c1=O.